The molecule has 0 radical (unpaired) electrons. The van der Waals surface area contributed by atoms with Gasteiger partial charge in [-0.15, -0.1) is 12.3 Å². The van der Waals surface area contributed by atoms with Crippen molar-refractivity contribution in [2.45, 2.75) is 71.9 Å². The molecule has 28 heavy (non-hydrogen) atoms. The largest absolute Gasteiger partial charge is 0.497 e. The van der Waals surface area contributed by atoms with Gasteiger partial charge in [-0.1, -0.05) is 58.9 Å². The molecule has 0 heterocycles. The van der Waals surface area contributed by atoms with Crippen molar-refractivity contribution in [2.24, 2.45) is 5.41 Å². The highest BCUT2D eigenvalue weighted by atomic mass is 28.4. The first-order valence-corrected chi connectivity index (χ1v) is 12.8. The average Bonchev–Trinajstić information content (AvgIpc) is 2.60. The predicted octanol–water partition coefficient (Wildman–Crippen LogP) is 6.21. The third kappa shape index (κ3) is 7.47. The van der Waals surface area contributed by atoms with Gasteiger partial charge in [0.25, 0.3) is 0 Å². The molecule has 156 valence electrons. The maximum Gasteiger partial charge on any atom is 0.192 e. The molecular weight excluding hydrogens is 364 g/mol. The van der Waals surface area contributed by atoms with Crippen molar-refractivity contribution in [1.29, 1.82) is 0 Å². The molecular formula is C24H38O3Si. The Balaban J connectivity index is 2.78. The normalized spacial score (nSPS) is 14.1. The SMILES string of the molecule is C#CCC(C)(C)[C@H](/C=C/CO[Si](C)(C)C(C)(C)C)OCc1ccc(OC)cc1. The summed E-state index contributed by atoms with van der Waals surface area (Å²) in [6.07, 6.45) is 10.3. The first-order valence-electron chi connectivity index (χ1n) is 9.91. The molecule has 0 spiro atoms. The minimum Gasteiger partial charge on any atom is -0.497 e. The lowest BCUT2D eigenvalue weighted by Gasteiger charge is -2.36. The van der Waals surface area contributed by atoms with Crippen LogP contribution in [0.15, 0.2) is 36.4 Å². The van der Waals surface area contributed by atoms with Crippen LogP contribution in [0.3, 0.4) is 0 Å². The van der Waals surface area contributed by atoms with Crippen LogP contribution in [0.5, 0.6) is 5.75 Å². The van der Waals surface area contributed by atoms with Gasteiger partial charge in [0, 0.05) is 11.8 Å². The monoisotopic (exact) mass is 402 g/mol. The molecule has 0 aliphatic heterocycles. The quantitative estimate of drug-likeness (QED) is 0.265. The fourth-order valence-electron chi connectivity index (χ4n) is 2.47. The maximum atomic E-state index is 6.25. The van der Waals surface area contributed by atoms with Crippen LogP contribution in [0.25, 0.3) is 0 Å². The molecule has 0 aliphatic carbocycles. The van der Waals surface area contributed by atoms with Crippen LogP contribution in [-0.2, 0) is 15.8 Å². The van der Waals surface area contributed by atoms with E-state index in [-0.39, 0.29) is 16.6 Å². The summed E-state index contributed by atoms with van der Waals surface area (Å²) in [6, 6.07) is 7.94. The van der Waals surface area contributed by atoms with Crippen molar-refractivity contribution in [3.8, 4) is 18.1 Å². The number of methoxy groups -OCH3 is 1. The predicted molar refractivity (Wildman–Crippen MR) is 121 cm³/mol. The summed E-state index contributed by atoms with van der Waals surface area (Å²) in [5, 5.41) is 0.202. The molecule has 0 aliphatic rings. The molecule has 1 aromatic carbocycles. The molecule has 1 atom stereocenters. The molecule has 3 nitrogen and oxygen atoms in total. The fourth-order valence-corrected chi connectivity index (χ4v) is 3.41. The minimum absolute atomic E-state index is 0.0892. The van der Waals surface area contributed by atoms with Gasteiger partial charge >= 0.3 is 0 Å². The van der Waals surface area contributed by atoms with Gasteiger partial charge in [0.1, 0.15) is 5.75 Å². The summed E-state index contributed by atoms with van der Waals surface area (Å²) in [5.41, 5.74) is 0.947. The molecule has 0 amide bonds. The number of ether oxygens (including phenoxy) is 2. The van der Waals surface area contributed by atoms with Gasteiger partial charge in [-0.25, -0.2) is 0 Å². The second-order valence-electron chi connectivity index (χ2n) is 9.45. The molecule has 0 bridgehead atoms. The van der Waals surface area contributed by atoms with Gasteiger partial charge in [0.2, 0.25) is 0 Å². The van der Waals surface area contributed by atoms with Gasteiger partial charge < -0.3 is 13.9 Å². The first kappa shape index (κ1) is 24.5. The van der Waals surface area contributed by atoms with Gasteiger partial charge in [-0.05, 0) is 35.8 Å². The van der Waals surface area contributed by atoms with Crippen molar-refractivity contribution in [2.75, 3.05) is 13.7 Å². The number of hydrogen-bond donors (Lipinski definition) is 0. The van der Waals surface area contributed by atoms with Crippen LogP contribution in [0, 0.1) is 17.8 Å². The van der Waals surface area contributed by atoms with Crippen LogP contribution in [0.4, 0.5) is 0 Å². The highest BCUT2D eigenvalue weighted by Crippen LogP contribution is 2.36. The molecule has 0 unspecified atom stereocenters. The molecule has 0 fully saturated rings. The Bertz CT molecular complexity index is 661. The van der Waals surface area contributed by atoms with Crippen LogP contribution in [0.1, 0.15) is 46.6 Å². The molecule has 0 saturated carbocycles. The fraction of sp³-hybridized carbons (Fsp3) is 0.583. The van der Waals surface area contributed by atoms with Gasteiger partial charge in [-0.2, -0.15) is 0 Å². The Morgan fingerprint density at radius 2 is 1.71 bits per heavy atom. The third-order valence-corrected chi connectivity index (χ3v) is 10.1. The molecule has 0 aromatic heterocycles. The maximum absolute atomic E-state index is 6.25. The van der Waals surface area contributed by atoms with Crippen molar-refractivity contribution >= 4 is 8.32 Å². The van der Waals surface area contributed by atoms with Crippen molar-refractivity contribution in [3.63, 3.8) is 0 Å². The summed E-state index contributed by atoms with van der Waals surface area (Å²) in [4.78, 5) is 0. The summed E-state index contributed by atoms with van der Waals surface area (Å²) in [5.74, 6) is 3.62. The Morgan fingerprint density at radius 3 is 2.21 bits per heavy atom. The average molecular weight is 403 g/mol. The summed E-state index contributed by atoms with van der Waals surface area (Å²) >= 11 is 0. The van der Waals surface area contributed by atoms with Crippen LogP contribution in [-0.4, -0.2) is 28.1 Å². The summed E-state index contributed by atoms with van der Waals surface area (Å²) in [6.45, 7) is 16.7. The molecule has 0 saturated heterocycles. The van der Waals surface area contributed by atoms with E-state index < -0.39 is 8.32 Å². The van der Waals surface area contributed by atoms with Gasteiger partial charge in [-0.3, -0.25) is 0 Å². The topological polar surface area (TPSA) is 27.7 Å². The third-order valence-electron chi connectivity index (χ3n) is 5.57. The second kappa shape index (κ2) is 10.3. The van der Waals surface area contributed by atoms with E-state index in [1.54, 1.807) is 7.11 Å². The van der Waals surface area contributed by atoms with E-state index in [2.05, 4.69) is 65.8 Å². The van der Waals surface area contributed by atoms with Gasteiger partial charge in [0.15, 0.2) is 8.32 Å². The lowest BCUT2D eigenvalue weighted by Crippen LogP contribution is -2.40. The minimum atomic E-state index is -1.75. The van der Waals surface area contributed by atoms with E-state index in [1.165, 1.54) is 0 Å². The highest BCUT2D eigenvalue weighted by molar-refractivity contribution is 6.74. The van der Waals surface area contributed by atoms with E-state index in [0.717, 1.165) is 11.3 Å². The molecule has 1 rings (SSSR count). The number of hydrogen-bond acceptors (Lipinski definition) is 3. The molecule has 0 N–H and O–H groups in total. The van der Waals surface area contributed by atoms with E-state index in [0.29, 0.717) is 19.6 Å². The van der Waals surface area contributed by atoms with Crippen LogP contribution in [0.2, 0.25) is 18.1 Å². The van der Waals surface area contributed by atoms with Gasteiger partial charge in [0.05, 0.1) is 26.4 Å². The van der Waals surface area contributed by atoms with Crippen molar-refractivity contribution < 1.29 is 13.9 Å². The van der Waals surface area contributed by atoms with Crippen molar-refractivity contribution in [3.05, 3.63) is 42.0 Å². The Morgan fingerprint density at radius 1 is 1.11 bits per heavy atom. The number of benzene rings is 1. The Kier molecular flexibility index (Phi) is 9.01. The zero-order valence-electron chi connectivity index (χ0n) is 19.0. The van der Waals surface area contributed by atoms with Crippen LogP contribution >= 0.6 is 0 Å². The smallest absolute Gasteiger partial charge is 0.192 e. The van der Waals surface area contributed by atoms with Crippen LogP contribution < -0.4 is 4.74 Å². The second-order valence-corrected chi connectivity index (χ2v) is 14.3. The Labute approximate surface area is 173 Å². The van der Waals surface area contributed by atoms with E-state index in [9.17, 15) is 0 Å². The number of rotatable bonds is 10. The zero-order valence-corrected chi connectivity index (χ0v) is 20.0. The summed E-state index contributed by atoms with van der Waals surface area (Å²) < 4.78 is 17.7. The van der Waals surface area contributed by atoms with E-state index in [1.807, 2.05) is 24.3 Å². The summed E-state index contributed by atoms with van der Waals surface area (Å²) in [7, 11) is -0.0873. The van der Waals surface area contributed by atoms with E-state index in [4.69, 9.17) is 20.3 Å². The standard InChI is InChI=1S/C24H38O3Si/c1-10-17-24(5,6)22(12-11-18-27-28(8,9)23(2,3)4)26-19-20-13-15-21(25-7)16-14-20/h1,11-16,22H,17-19H2,2-9H3/b12-11+/t22-/m0/s1. The lowest BCUT2D eigenvalue weighted by atomic mass is 9.83. The zero-order chi connectivity index (χ0) is 21.4. The first-order chi connectivity index (χ1) is 12.9. The van der Waals surface area contributed by atoms with E-state index >= 15 is 0 Å². The molecule has 4 heteroatoms. The number of terminal acetylenes is 1. The molecule has 1 aromatic rings. The lowest BCUT2D eigenvalue weighted by molar-refractivity contribution is -0.00213. The Hall–Kier alpha value is -1.54. The van der Waals surface area contributed by atoms with Crippen molar-refractivity contribution in [1.82, 2.24) is 0 Å². The highest BCUT2D eigenvalue weighted by Gasteiger charge is 2.36.